The fourth-order valence-electron chi connectivity index (χ4n) is 2.58. The molecule has 16 heavy (non-hydrogen) atoms. The maximum Gasteiger partial charge on any atom is 0.407 e. The van der Waals surface area contributed by atoms with E-state index in [0.717, 1.165) is 12.8 Å². The van der Waals surface area contributed by atoms with E-state index in [0.29, 0.717) is 6.61 Å². The van der Waals surface area contributed by atoms with E-state index < -0.39 is 0 Å². The van der Waals surface area contributed by atoms with Crippen LogP contribution in [0, 0.1) is 5.41 Å². The van der Waals surface area contributed by atoms with Crippen LogP contribution in [0.15, 0.2) is 0 Å². The van der Waals surface area contributed by atoms with Gasteiger partial charge in [0.2, 0.25) is 0 Å². The Morgan fingerprint density at radius 1 is 1.31 bits per heavy atom. The van der Waals surface area contributed by atoms with Crippen molar-refractivity contribution in [1.82, 2.24) is 5.32 Å². The average Bonchev–Trinajstić information content (AvgIpc) is 2.66. The summed E-state index contributed by atoms with van der Waals surface area (Å²) >= 11 is 0. The van der Waals surface area contributed by atoms with Gasteiger partial charge in [0.15, 0.2) is 0 Å². The van der Waals surface area contributed by atoms with Crippen LogP contribution >= 0.6 is 0 Å². The molecule has 1 aliphatic rings. The second kappa shape index (κ2) is 6.12. The number of carbonyl (C=O) groups excluding carboxylic acids is 1. The van der Waals surface area contributed by atoms with Crippen molar-refractivity contribution in [3.63, 3.8) is 0 Å². The Morgan fingerprint density at radius 2 is 2.06 bits per heavy atom. The maximum absolute atomic E-state index is 11.1. The largest absolute Gasteiger partial charge is 0.447 e. The quantitative estimate of drug-likeness (QED) is 0.676. The molecule has 0 aliphatic carbocycles. The van der Waals surface area contributed by atoms with Crippen molar-refractivity contribution in [2.24, 2.45) is 5.41 Å². The second-order valence-electron chi connectivity index (χ2n) is 5.16. The van der Waals surface area contributed by atoms with E-state index in [1.54, 1.807) is 0 Å². The number of amides is 1. The molecule has 1 saturated heterocycles. The van der Waals surface area contributed by atoms with Gasteiger partial charge in [-0.25, -0.2) is 4.79 Å². The van der Waals surface area contributed by atoms with Crippen LogP contribution in [-0.4, -0.2) is 18.7 Å². The van der Waals surface area contributed by atoms with Crippen molar-refractivity contribution in [1.29, 1.82) is 0 Å². The van der Waals surface area contributed by atoms with E-state index in [-0.39, 0.29) is 17.6 Å². The number of cyclic esters (lactones) is 1. The number of rotatable bonds is 7. The molecule has 0 aromatic rings. The molecule has 3 heteroatoms. The molecule has 0 bridgehead atoms. The van der Waals surface area contributed by atoms with Crippen LogP contribution in [-0.2, 0) is 4.74 Å². The number of hydrogen-bond donors (Lipinski definition) is 1. The molecule has 1 heterocycles. The summed E-state index contributed by atoms with van der Waals surface area (Å²) in [5.41, 5.74) is 0.204. The predicted molar refractivity (Wildman–Crippen MR) is 65.4 cm³/mol. The van der Waals surface area contributed by atoms with Crippen molar-refractivity contribution < 1.29 is 9.53 Å². The molecule has 1 rings (SSSR count). The van der Waals surface area contributed by atoms with E-state index in [9.17, 15) is 4.79 Å². The smallest absolute Gasteiger partial charge is 0.407 e. The minimum Gasteiger partial charge on any atom is -0.447 e. The molecular formula is C13H25NO2. The lowest BCUT2D eigenvalue weighted by molar-refractivity contribution is 0.154. The molecule has 1 fully saturated rings. The summed E-state index contributed by atoms with van der Waals surface area (Å²) in [5.74, 6) is 0. The topological polar surface area (TPSA) is 38.3 Å². The Morgan fingerprint density at radius 3 is 2.56 bits per heavy atom. The fourth-order valence-corrected chi connectivity index (χ4v) is 2.58. The lowest BCUT2D eigenvalue weighted by Crippen LogP contribution is -2.42. The number of carbonyl (C=O) groups is 1. The van der Waals surface area contributed by atoms with E-state index in [4.69, 9.17) is 4.74 Å². The fraction of sp³-hybridized carbons (Fsp3) is 0.923. The van der Waals surface area contributed by atoms with Crippen LogP contribution in [0.2, 0.25) is 0 Å². The third kappa shape index (κ3) is 3.39. The Hall–Kier alpha value is -0.730. The molecule has 94 valence electrons. The predicted octanol–water partition coefficient (Wildman–Crippen LogP) is 3.48. The van der Waals surface area contributed by atoms with E-state index in [1.165, 1.54) is 25.7 Å². The molecule has 0 spiro atoms. The van der Waals surface area contributed by atoms with E-state index in [2.05, 4.69) is 26.1 Å². The van der Waals surface area contributed by atoms with Crippen molar-refractivity contribution >= 4 is 6.09 Å². The van der Waals surface area contributed by atoms with Gasteiger partial charge in [0.05, 0.1) is 6.04 Å². The van der Waals surface area contributed by atoms with Crippen LogP contribution in [0.3, 0.4) is 0 Å². The van der Waals surface area contributed by atoms with Crippen LogP contribution < -0.4 is 5.32 Å². The molecule has 3 nitrogen and oxygen atoms in total. The molecular weight excluding hydrogens is 202 g/mol. The van der Waals surface area contributed by atoms with Gasteiger partial charge >= 0.3 is 6.09 Å². The Kier molecular flexibility index (Phi) is 5.10. The highest BCUT2D eigenvalue weighted by Gasteiger charge is 2.38. The summed E-state index contributed by atoms with van der Waals surface area (Å²) in [7, 11) is 0. The highest BCUT2D eigenvalue weighted by molar-refractivity contribution is 5.69. The molecule has 2 atom stereocenters. The van der Waals surface area contributed by atoms with Gasteiger partial charge in [-0.3, -0.25) is 0 Å². The third-order valence-electron chi connectivity index (χ3n) is 3.69. The normalized spacial score (nSPS) is 23.7. The molecule has 0 aromatic carbocycles. The van der Waals surface area contributed by atoms with Gasteiger partial charge < -0.3 is 10.1 Å². The number of ether oxygens (including phenoxy) is 1. The summed E-state index contributed by atoms with van der Waals surface area (Å²) in [6.07, 6.45) is 7.03. The van der Waals surface area contributed by atoms with Crippen LogP contribution in [0.4, 0.5) is 4.79 Å². The Bertz CT molecular complexity index is 230. The molecule has 1 aliphatic heterocycles. The van der Waals surface area contributed by atoms with Gasteiger partial charge in [-0.2, -0.15) is 0 Å². The van der Waals surface area contributed by atoms with E-state index >= 15 is 0 Å². The van der Waals surface area contributed by atoms with Gasteiger partial charge in [-0.05, 0) is 18.3 Å². The minimum absolute atomic E-state index is 0.204. The first-order valence-corrected chi connectivity index (χ1v) is 6.55. The van der Waals surface area contributed by atoms with Crippen LogP contribution in [0.1, 0.15) is 59.3 Å². The monoisotopic (exact) mass is 227 g/mol. The number of alkyl carbamates (subject to hydrolysis) is 1. The molecule has 1 N–H and O–H groups in total. The zero-order valence-corrected chi connectivity index (χ0v) is 10.8. The summed E-state index contributed by atoms with van der Waals surface area (Å²) < 4.78 is 5.01. The van der Waals surface area contributed by atoms with Gasteiger partial charge in [0.25, 0.3) is 0 Å². The summed E-state index contributed by atoms with van der Waals surface area (Å²) in [4.78, 5) is 11.1. The van der Waals surface area contributed by atoms with Crippen molar-refractivity contribution in [2.75, 3.05) is 6.61 Å². The van der Waals surface area contributed by atoms with Gasteiger partial charge in [-0.15, -0.1) is 0 Å². The zero-order chi connectivity index (χ0) is 12.0. The molecule has 1 amide bonds. The number of hydrogen-bond acceptors (Lipinski definition) is 2. The zero-order valence-electron chi connectivity index (χ0n) is 10.8. The SMILES string of the molecule is CCCCCC(C)(CCC)C1COC(=O)N1. The molecule has 0 saturated carbocycles. The highest BCUT2D eigenvalue weighted by Crippen LogP contribution is 2.35. The average molecular weight is 227 g/mol. The highest BCUT2D eigenvalue weighted by atomic mass is 16.6. The second-order valence-corrected chi connectivity index (χ2v) is 5.16. The van der Waals surface area contributed by atoms with Crippen molar-refractivity contribution in [3.8, 4) is 0 Å². The maximum atomic E-state index is 11.1. The van der Waals surface area contributed by atoms with Crippen molar-refractivity contribution in [2.45, 2.75) is 65.3 Å². The van der Waals surface area contributed by atoms with Gasteiger partial charge in [0, 0.05) is 0 Å². The van der Waals surface area contributed by atoms with Crippen LogP contribution in [0.5, 0.6) is 0 Å². The Labute approximate surface area is 98.9 Å². The summed E-state index contributed by atoms with van der Waals surface area (Å²) in [5, 5.41) is 2.95. The lowest BCUT2D eigenvalue weighted by Gasteiger charge is -2.34. The standard InChI is InChI=1S/C13H25NO2/c1-4-6-7-9-13(3,8-5-2)11-10-16-12(15)14-11/h11H,4-10H2,1-3H3,(H,14,15). The molecule has 0 aromatic heterocycles. The molecule has 2 unspecified atom stereocenters. The summed E-state index contributed by atoms with van der Waals surface area (Å²) in [6.45, 7) is 7.25. The Balaban J connectivity index is 2.52. The first kappa shape index (κ1) is 13.3. The minimum atomic E-state index is -0.247. The van der Waals surface area contributed by atoms with Gasteiger partial charge in [-0.1, -0.05) is 46.5 Å². The van der Waals surface area contributed by atoms with Crippen LogP contribution in [0.25, 0.3) is 0 Å². The number of unbranched alkanes of at least 4 members (excludes halogenated alkanes) is 2. The summed E-state index contributed by atoms with van der Waals surface area (Å²) in [6, 6.07) is 0.205. The lowest BCUT2D eigenvalue weighted by atomic mass is 9.75. The first-order valence-electron chi connectivity index (χ1n) is 6.55. The number of nitrogens with one attached hydrogen (secondary N) is 1. The first-order chi connectivity index (χ1) is 7.62. The molecule has 0 radical (unpaired) electrons. The van der Waals surface area contributed by atoms with Gasteiger partial charge in [0.1, 0.15) is 6.61 Å². The third-order valence-corrected chi connectivity index (χ3v) is 3.69. The van der Waals surface area contributed by atoms with E-state index in [1.807, 2.05) is 0 Å². The van der Waals surface area contributed by atoms with Crippen molar-refractivity contribution in [3.05, 3.63) is 0 Å².